The molecule has 7 heteroatoms. The molecular weight excluding hydrogens is 402 g/mol. The topological polar surface area (TPSA) is 74.2 Å². The molecule has 156 valence electrons. The normalized spacial score (nSPS) is 11.4. The average Bonchev–Trinajstić information content (AvgIpc) is 2.78. The van der Waals surface area contributed by atoms with Crippen LogP contribution in [0.3, 0.4) is 0 Å². The molecule has 0 amide bonds. The summed E-state index contributed by atoms with van der Waals surface area (Å²) in [7, 11) is -0.575. The van der Waals surface area contributed by atoms with E-state index in [2.05, 4.69) is 4.99 Å². The van der Waals surface area contributed by atoms with Gasteiger partial charge in [-0.1, -0.05) is 18.2 Å². The summed E-state index contributed by atoms with van der Waals surface area (Å²) >= 11 is 0. The van der Waals surface area contributed by atoms with E-state index in [1.165, 1.54) is 19.2 Å². The van der Waals surface area contributed by atoms with Gasteiger partial charge in [0.2, 0.25) is 9.84 Å². The van der Waals surface area contributed by atoms with Crippen molar-refractivity contribution >= 4 is 21.7 Å². The molecule has 0 aliphatic carbocycles. The smallest absolute Gasteiger partial charge is 0.206 e. The second kappa shape index (κ2) is 9.45. The molecule has 3 aromatic carbocycles. The molecule has 0 N–H and O–H groups in total. The summed E-state index contributed by atoms with van der Waals surface area (Å²) in [6.45, 7) is 2.43. The maximum Gasteiger partial charge on any atom is 0.206 e. The van der Waals surface area contributed by atoms with Gasteiger partial charge in [-0.25, -0.2) is 8.42 Å². The van der Waals surface area contributed by atoms with Gasteiger partial charge in [0.1, 0.15) is 11.4 Å². The number of methoxy groups -OCH3 is 2. The largest absolute Gasteiger partial charge is 0.494 e. The first-order valence-corrected chi connectivity index (χ1v) is 10.8. The molecule has 0 spiro atoms. The van der Waals surface area contributed by atoms with Crippen LogP contribution in [0.2, 0.25) is 0 Å². The van der Waals surface area contributed by atoms with Gasteiger partial charge in [0.05, 0.1) is 30.6 Å². The second-order valence-corrected chi connectivity index (χ2v) is 8.20. The van der Waals surface area contributed by atoms with Gasteiger partial charge in [-0.3, -0.25) is 4.99 Å². The van der Waals surface area contributed by atoms with Crippen LogP contribution in [0, 0.1) is 0 Å². The van der Waals surface area contributed by atoms with Crippen LogP contribution in [0.5, 0.6) is 17.2 Å². The lowest BCUT2D eigenvalue weighted by Crippen LogP contribution is -2.01. The van der Waals surface area contributed by atoms with E-state index in [1.54, 1.807) is 61.9 Å². The van der Waals surface area contributed by atoms with Crippen molar-refractivity contribution in [2.75, 3.05) is 20.8 Å². The van der Waals surface area contributed by atoms with Crippen LogP contribution in [-0.2, 0) is 9.84 Å². The van der Waals surface area contributed by atoms with Crippen molar-refractivity contribution in [3.05, 3.63) is 72.3 Å². The summed E-state index contributed by atoms with van der Waals surface area (Å²) in [5.41, 5.74) is 1.18. The lowest BCUT2D eigenvalue weighted by Gasteiger charge is -2.10. The third-order valence-corrected chi connectivity index (χ3v) is 6.12. The average molecular weight is 426 g/mol. The highest BCUT2D eigenvalue weighted by Gasteiger charge is 2.19. The molecule has 0 aromatic heterocycles. The molecule has 3 aromatic rings. The maximum atomic E-state index is 12.9. The van der Waals surface area contributed by atoms with Crippen molar-refractivity contribution in [3.8, 4) is 17.2 Å². The van der Waals surface area contributed by atoms with Crippen LogP contribution in [0.1, 0.15) is 12.5 Å². The van der Waals surface area contributed by atoms with E-state index in [1.807, 2.05) is 13.0 Å². The predicted octanol–water partition coefficient (Wildman–Crippen LogP) is 4.69. The Labute approximate surface area is 176 Å². The third-order valence-electron chi connectivity index (χ3n) is 4.35. The van der Waals surface area contributed by atoms with Crippen LogP contribution in [-0.4, -0.2) is 35.5 Å². The van der Waals surface area contributed by atoms with Gasteiger partial charge >= 0.3 is 0 Å². The number of ether oxygens (including phenoxy) is 3. The zero-order chi connectivity index (χ0) is 21.6. The van der Waals surface area contributed by atoms with Crippen LogP contribution in [0.25, 0.3) is 0 Å². The van der Waals surface area contributed by atoms with Crippen molar-refractivity contribution in [2.24, 2.45) is 4.99 Å². The van der Waals surface area contributed by atoms with Gasteiger partial charge in [-0.15, -0.1) is 0 Å². The first-order valence-electron chi connectivity index (χ1n) is 9.32. The number of hydrogen-bond donors (Lipinski definition) is 0. The summed E-state index contributed by atoms with van der Waals surface area (Å²) in [4.78, 5) is 4.82. The highest BCUT2D eigenvalue weighted by molar-refractivity contribution is 7.91. The van der Waals surface area contributed by atoms with Gasteiger partial charge < -0.3 is 14.2 Å². The Hall–Kier alpha value is -3.32. The molecular formula is C23H23NO5S. The highest BCUT2D eigenvalue weighted by atomic mass is 32.2. The molecule has 0 saturated carbocycles. The second-order valence-electron chi connectivity index (χ2n) is 6.25. The SMILES string of the molecule is CCOc1ccc(C=Nc2cc(S(=O)(=O)c3ccccc3)ccc2OC)cc1OC. The van der Waals surface area contributed by atoms with Crippen LogP contribution in [0.15, 0.2) is 81.5 Å². The predicted molar refractivity (Wildman–Crippen MR) is 116 cm³/mol. The fourth-order valence-corrected chi connectivity index (χ4v) is 4.16. The summed E-state index contributed by atoms with van der Waals surface area (Å²) < 4.78 is 42.1. The van der Waals surface area contributed by atoms with Crippen molar-refractivity contribution in [1.82, 2.24) is 0 Å². The molecule has 0 atom stereocenters. The number of benzene rings is 3. The zero-order valence-electron chi connectivity index (χ0n) is 17.0. The van der Waals surface area contributed by atoms with Crippen LogP contribution in [0.4, 0.5) is 5.69 Å². The molecule has 0 unspecified atom stereocenters. The summed E-state index contributed by atoms with van der Waals surface area (Å²) in [5.74, 6) is 1.70. The van der Waals surface area contributed by atoms with Crippen molar-refractivity contribution in [2.45, 2.75) is 16.7 Å². The van der Waals surface area contributed by atoms with E-state index in [0.717, 1.165) is 5.56 Å². The zero-order valence-corrected chi connectivity index (χ0v) is 17.8. The quantitative estimate of drug-likeness (QED) is 0.490. The van der Waals surface area contributed by atoms with E-state index < -0.39 is 9.84 Å². The van der Waals surface area contributed by atoms with Gasteiger partial charge in [0.25, 0.3) is 0 Å². The van der Waals surface area contributed by atoms with E-state index in [4.69, 9.17) is 14.2 Å². The Morgan fingerprint density at radius 2 is 1.53 bits per heavy atom. The van der Waals surface area contributed by atoms with Gasteiger partial charge in [-0.05, 0) is 61.0 Å². The fraction of sp³-hybridized carbons (Fsp3) is 0.174. The molecule has 0 heterocycles. The number of aliphatic imine (C=N–C) groups is 1. The molecule has 0 aliphatic heterocycles. The Balaban J connectivity index is 1.97. The highest BCUT2D eigenvalue weighted by Crippen LogP contribution is 2.33. The van der Waals surface area contributed by atoms with Gasteiger partial charge in [0.15, 0.2) is 11.5 Å². The molecule has 0 fully saturated rings. The Morgan fingerprint density at radius 3 is 2.20 bits per heavy atom. The molecule has 3 rings (SSSR count). The fourth-order valence-electron chi connectivity index (χ4n) is 2.86. The lowest BCUT2D eigenvalue weighted by atomic mass is 10.2. The van der Waals surface area contributed by atoms with Gasteiger partial charge in [-0.2, -0.15) is 0 Å². The first kappa shape index (κ1) is 21.4. The minimum atomic E-state index is -3.66. The van der Waals surface area contributed by atoms with Crippen molar-refractivity contribution < 1.29 is 22.6 Å². The summed E-state index contributed by atoms with van der Waals surface area (Å²) in [6.07, 6.45) is 1.62. The van der Waals surface area contributed by atoms with Crippen LogP contribution < -0.4 is 14.2 Å². The molecule has 30 heavy (non-hydrogen) atoms. The molecule has 0 bridgehead atoms. The monoisotopic (exact) mass is 425 g/mol. The Morgan fingerprint density at radius 1 is 0.833 bits per heavy atom. The van der Waals surface area contributed by atoms with Gasteiger partial charge in [0, 0.05) is 6.21 Å². The minimum absolute atomic E-state index is 0.144. The van der Waals surface area contributed by atoms with Crippen molar-refractivity contribution in [3.63, 3.8) is 0 Å². The lowest BCUT2D eigenvalue weighted by molar-refractivity contribution is 0.311. The van der Waals surface area contributed by atoms with E-state index in [9.17, 15) is 8.42 Å². The summed E-state index contributed by atoms with van der Waals surface area (Å²) in [6, 6.07) is 18.3. The van der Waals surface area contributed by atoms with E-state index >= 15 is 0 Å². The number of nitrogens with zero attached hydrogens (tertiary/aromatic N) is 1. The van der Waals surface area contributed by atoms with Crippen LogP contribution >= 0.6 is 0 Å². The van der Waals surface area contributed by atoms with E-state index in [0.29, 0.717) is 29.5 Å². The van der Waals surface area contributed by atoms with Crippen molar-refractivity contribution in [1.29, 1.82) is 0 Å². The number of rotatable bonds is 8. The first-order chi connectivity index (χ1) is 14.5. The summed E-state index contributed by atoms with van der Waals surface area (Å²) in [5, 5.41) is 0. The van der Waals surface area contributed by atoms with E-state index in [-0.39, 0.29) is 9.79 Å². The molecule has 6 nitrogen and oxygen atoms in total. The number of hydrogen-bond acceptors (Lipinski definition) is 6. The number of sulfone groups is 1. The third kappa shape index (κ3) is 4.63. The molecule has 0 aliphatic rings. The Kier molecular flexibility index (Phi) is 6.74. The Bertz CT molecular complexity index is 1140. The standard InChI is InChI=1S/C23H23NO5S/c1-4-29-22-12-10-17(14-23(22)28-3)16-24-20-15-19(11-13-21(20)27-2)30(25,26)18-8-6-5-7-9-18/h5-16H,4H2,1-3H3. The minimum Gasteiger partial charge on any atom is -0.494 e. The molecule has 0 saturated heterocycles. The maximum absolute atomic E-state index is 12.9. The molecule has 0 radical (unpaired) electrons.